The normalized spacial score (nSPS) is 10.1. The zero-order valence-corrected chi connectivity index (χ0v) is 8.92. The van der Waals surface area contributed by atoms with Gasteiger partial charge in [0.05, 0.1) is 12.8 Å². The van der Waals surface area contributed by atoms with Gasteiger partial charge in [0, 0.05) is 18.0 Å². The molecule has 0 spiro atoms. The molecule has 0 saturated carbocycles. The van der Waals surface area contributed by atoms with Crippen molar-refractivity contribution in [2.75, 3.05) is 12.3 Å². The van der Waals surface area contributed by atoms with Crippen molar-refractivity contribution in [1.29, 1.82) is 0 Å². The van der Waals surface area contributed by atoms with Crippen molar-refractivity contribution >= 4 is 5.82 Å². The van der Waals surface area contributed by atoms with Gasteiger partial charge in [-0.05, 0) is 19.1 Å². The molecule has 2 aromatic heterocycles. The summed E-state index contributed by atoms with van der Waals surface area (Å²) in [6, 6.07) is 3.48. The number of ether oxygens (including phenoxy) is 1. The number of hydrogen-bond acceptors (Lipinski definition) is 5. The number of pyridine rings is 1. The first-order valence-corrected chi connectivity index (χ1v) is 4.96. The fourth-order valence-electron chi connectivity index (χ4n) is 1.30. The van der Waals surface area contributed by atoms with Gasteiger partial charge in [0.15, 0.2) is 5.82 Å². The number of nitrogens with zero attached hydrogens (tertiary/aromatic N) is 3. The Morgan fingerprint density at radius 1 is 1.38 bits per heavy atom. The van der Waals surface area contributed by atoms with Gasteiger partial charge in [-0.3, -0.25) is 4.98 Å². The van der Waals surface area contributed by atoms with Crippen LogP contribution in [0.15, 0.2) is 30.7 Å². The number of nitrogens with two attached hydrogens (primary N) is 1. The first-order chi connectivity index (χ1) is 7.79. The van der Waals surface area contributed by atoms with E-state index in [9.17, 15) is 0 Å². The molecule has 0 amide bonds. The molecule has 0 radical (unpaired) electrons. The van der Waals surface area contributed by atoms with Crippen LogP contribution in [0.4, 0.5) is 5.82 Å². The minimum absolute atomic E-state index is 0.437. The van der Waals surface area contributed by atoms with E-state index in [2.05, 4.69) is 15.0 Å². The Balaban J connectivity index is 2.36. The highest BCUT2D eigenvalue weighted by atomic mass is 16.5. The van der Waals surface area contributed by atoms with Gasteiger partial charge in [0.25, 0.3) is 0 Å². The monoisotopic (exact) mass is 216 g/mol. The molecule has 2 aromatic rings. The molecule has 16 heavy (non-hydrogen) atoms. The van der Waals surface area contributed by atoms with Crippen molar-refractivity contribution in [1.82, 2.24) is 15.0 Å². The smallest absolute Gasteiger partial charge is 0.163 e. The predicted molar refractivity (Wildman–Crippen MR) is 60.8 cm³/mol. The molecule has 0 aromatic carbocycles. The van der Waals surface area contributed by atoms with Crippen LogP contribution in [0.3, 0.4) is 0 Å². The second kappa shape index (κ2) is 4.57. The highest BCUT2D eigenvalue weighted by molar-refractivity contribution is 5.56. The van der Waals surface area contributed by atoms with E-state index in [0.29, 0.717) is 24.0 Å². The van der Waals surface area contributed by atoms with E-state index in [1.54, 1.807) is 24.7 Å². The van der Waals surface area contributed by atoms with Gasteiger partial charge >= 0.3 is 0 Å². The third-order valence-corrected chi connectivity index (χ3v) is 1.96. The molecule has 0 saturated heterocycles. The van der Waals surface area contributed by atoms with Gasteiger partial charge in [0.1, 0.15) is 11.6 Å². The highest BCUT2D eigenvalue weighted by Crippen LogP contribution is 2.19. The highest BCUT2D eigenvalue weighted by Gasteiger charge is 2.03. The lowest BCUT2D eigenvalue weighted by molar-refractivity contribution is 0.339. The summed E-state index contributed by atoms with van der Waals surface area (Å²) in [5.41, 5.74) is 6.38. The van der Waals surface area contributed by atoms with Crippen molar-refractivity contribution in [3.63, 3.8) is 0 Å². The van der Waals surface area contributed by atoms with E-state index in [0.717, 1.165) is 5.56 Å². The summed E-state index contributed by atoms with van der Waals surface area (Å²) in [5, 5.41) is 0. The van der Waals surface area contributed by atoms with Gasteiger partial charge in [-0.2, -0.15) is 0 Å². The Labute approximate surface area is 93.3 Å². The number of aromatic nitrogens is 3. The van der Waals surface area contributed by atoms with E-state index >= 15 is 0 Å². The van der Waals surface area contributed by atoms with E-state index in [-0.39, 0.29) is 0 Å². The molecule has 2 heterocycles. The predicted octanol–water partition coefficient (Wildman–Crippen LogP) is 1.52. The zero-order chi connectivity index (χ0) is 11.4. The van der Waals surface area contributed by atoms with Crippen molar-refractivity contribution < 1.29 is 4.74 Å². The molecule has 0 bridgehead atoms. The molecule has 5 nitrogen and oxygen atoms in total. The number of anilines is 1. The summed E-state index contributed by atoms with van der Waals surface area (Å²) in [6.45, 7) is 2.52. The fourth-order valence-corrected chi connectivity index (χ4v) is 1.30. The number of hydrogen-bond donors (Lipinski definition) is 1. The number of rotatable bonds is 3. The maximum Gasteiger partial charge on any atom is 0.163 e. The quantitative estimate of drug-likeness (QED) is 0.841. The standard InChI is InChI=1S/C11H12N4O/c1-2-16-9-5-8(6-13-7-9)11-14-4-3-10(12)15-11/h3-7H,2H2,1H3,(H2,12,14,15). The van der Waals surface area contributed by atoms with E-state index in [4.69, 9.17) is 10.5 Å². The lowest BCUT2D eigenvalue weighted by Gasteiger charge is -2.04. The minimum Gasteiger partial charge on any atom is -0.492 e. The molecule has 82 valence electrons. The van der Waals surface area contributed by atoms with Crippen LogP contribution in [-0.2, 0) is 0 Å². The summed E-state index contributed by atoms with van der Waals surface area (Å²) >= 11 is 0. The van der Waals surface area contributed by atoms with Crippen LogP contribution in [0.1, 0.15) is 6.92 Å². The Morgan fingerprint density at radius 2 is 2.25 bits per heavy atom. The third-order valence-electron chi connectivity index (χ3n) is 1.96. The largest absolute Gasteiger partial charge is 0.492 e. The second-order valence-corrected chi connectivity index (χ2v) is 3.15. The van der Waals surface area contributed by atoms with Gasteiger partial charge in [-0.1, -0.05) is 0 Å². The molecular formula is C11H12N4O. The average Bonchev–Trinajstić information content (AvgIpc) is 2.30. The summed E-state index contributed by atoms with van der Waals surface area (Å²) < 4.78 is 5.35. The van der Waals surface area contributed by atoms with Crippen LogP contribution in [0.25, 0.3) is 11.4 Å². The van der Waals surface area contributed by atoms with Crippen LogP contribution in [0.5, 0.6) is 5.75 Å². The van der Waals surface area contributed by atoms with Gasteiger partial charge < -0.3 is 10.5 Å². The Bertz CT molecular complexity index is 487. The summed E-state index contributed by atoms with van der Waals surface area (Å²) in [7, 11) is 0. The van der Waals surface area contributed by atoms with Crippen LogP contribution in [0, 0.1) is 0 Å². The molecule has 2 N–H and O–H groups in total. The summed E-state index contributed by atoms with van der Waals surface area (Å²) in [6.07, 6.45) is 4.95. The van der Waals surface area contributed by atoms with Crippen molar-refractivity contribution in [3.8, 4) is 17.1 Å². The Morgan fingerprint density at radius 3 is 3.00 bits per heavy atom. The van der Waals surface area contributed by atoms with Crippen molar-refractivity contribution in [2.45, 2.75) is 6.92 Å². The second-order valence-electron chi connectivity index (χ2n) is 3.15. The minimum atomic E-state index is 0.437. The van der Waals surface area contributed by atoms with E-state index in [1.165, 1.54) is 0 Å². The average molecular weight is 216 g/mol. The SMILES string of the molecule is CCOc1cncc(-c2nccc(N)n2)c1. The number of nitrogen functional groups attached to an aromatic ring is 1. The zero-order valence-electron chi connectivity index (χ0n) is 8.92. The maximum atomic E-state index is 5.59. The first-order valence-electron chi connectivity index (χ1n) is 4.96. The van der Waals surface area contributed by atoms with Gasteiger partial charge in [-0.15, -0.1) is 0 Å². The molecule has 0 aliphatic heterocycles. The molecule has 0 unspecified atom stereocenters. The lowest BCUT2D eigenvalue weighted by atomic mass is 10.2. The van der Waals surface area contributed by atoms with Crippen molar-refractivity contribution in [2.24, 2.45) is 0 Å². The van der Waals surface area contributed by atoms with E-state index in [1.807, 2.05) is 13.0 Å². The van der Waals surface area contributed by atoms with Gasteiger partial charge in [-0.25, -0.2) is 9.97 Å². The topological polar surface area (TPSA) is 73.9 Å². The van der Waals surface area contributed by atoms with Crippen LogP contribution in [0.2, 0.25) is 0 Å². The Kier molecular flexibility index (Phi) is 2.95. The Hall–Kier alpha value is -2.17. The van der Waals surface area contributed by atoms with Crippen LogP contribution in [-0.4, -0.2) is 21.6 Å². The van der Waals surface area contributed by atoms with E-state index < -0.39 is 0 Å². The van der Waals surface area contributed by atoms with Crippen LogP contribution >= 0.6 is 0 Å². The summed E-state index contributed by atoms with van der Waals surface area (Å²) in [4.78, 5) is 12.3. The molecular weight excluding hydrogens is 204 g/mol. The van der Waals surface area contributed by atoms with Crippen LogP contribution < -0.4 is 10.5 Å². The molecule has 0 fully saturated rings. The molecule has 2 rings (SSSR count). The summed E-state index contributed by atoms with van der Waals surface area (Å²) in [5.74, 6) is 1.69. The first kappa shape index (κ1) is 10.4. The third kappa shape index (κ3) is 2.25. The molecule has 0 aliphatic carbocycles. The lowest BCUT2D eigenvalue weighted by Crippen LogP contribution is -1.96. The fraction of sp³-hybridized carbons (Fsp3) is 0.182. The van der Waals surface area contributed by atoms with Crippen molar-refractivity contribution in [3.05, 3.63) is 30.7 Å². The maximum absolute atomic E-state index is 5.59. The van der Waals surface area contributed by atoms with Gasteiger partial charge in [0.2, 0.25) is 0 Å². The molecule has 0 aliphatic rings. The molecule has 0 atom stereocenters. The molecule has 5 heteroatoms.